The van der Waals surface area contributed by atoms with E-state index in [0.717, 1.165) is 11.8 Å². The highest BCUT2D eigenvalue weighted by Gasteiger charge is 2.24. The van der Waals surface area contributed by atoms with Gasteiger partial charge in [-0.1, -0.05) is 19.9 Å². The highest BCUT2D eigenvalue weighted by Crippen LogP contribution is 2.29. The Morgan fingerprint density at radius 2 is 2.18 bits per heavy atom. The van der Waals surface area contributed by atoms with Crippen molar-refractivity contribution in [3.63, 3.8) is 0 Å². The Morgan fingerprint density at radius 1 is 1.41 bits per heavy atom. The number of hydrogen-bond donors (Lipinski definition) is 1. The fourth-order valence-electron chi connectivity index (χ4n) is 2.67. The Bertz CT molecular complexity index is 385. The Kier molecular flexibility index (Phi) is 3.72. The summed E-state index contributed by atoms with van der Waals surface area (Å²) in [5.41, 5.74) is 9.64. The SMILES string of the molecule is Cc1cc(N2CCC(C(C)C)C2)ccc1CN. The molecule has 0 aliphatic carbocycles. The van der Waals surface area contributed by atoms with Crippen molar-refractivity contribution < 1.29 is 0 Å². The van der Waals surface area contributed by atoms with E-state index in [1.54, 1.807) is 0 Å². The van der Waals surface area contributed by atoms with Crippen LogP contribution in [0.15, 0.2) is 18.2 Å². The standard InChI is InChI=1S/C15H24N2/c1-11(2)14-6-7-17(10-14)15-5-4-13(9-16)12(3)8-15/h4-5,8,11,14H,6-7,9-10,16H2,1-3H3. The van der Waals surface area contributed by atoms with E-state index in [0.29, 0.717) is 6.54 Å². The van der Waals surface area contributed by atoms with Crippen molar-refractivity contribution >= 4 is 5.69 Å². The van der Waals surface area contributed by atoms with Crippen LogP contribution >= 0.6 is 0 Å². The van der Waals surface area contributed by atoms with Gasteiger partial charge >= 0.3 is 0 Å². The molecule has 0 amide bonds. The van der Waals surface area contributed by atoms with Gasteiger partial charge < -0.3 is 10.6 Å². The van der Waals surface area contributed by atoms with Crippen molar-refractivity contribution in [3.05, 3.63) is 29.3 Å². The fourth-order valence-corrected chi connectivity index (χ4v) is 2.67. The van der Waals surface area contributed by atoms with Crippen molar-refractivity contribution in [2.75, 3.05) is 18.0 Å². The minimum atomic E-state index is 0.640. The molecule has 17 heavy (non-hydrogen) atoms. The van der Waals surface area contributed by atoms with Gasteiger partial charge in [0, 0.05) is 25.3 Å². The molecule has 2 heteroatoms. The molecule has 0 bridgehead atoms. The summed E-state index contributed by atoms with van der Waals surface area (Å²) < 4.78 is 0. The van der Waals surface area contributed by atoms with E-state index in [1.807, 2.05) is 0 Å². The van der Waals surface area contributed by atoms with Gasteiger partial charge in [-0.05, 0) is 48.4 Å². The molecular weight excluding hydrogens is 208 g/mol. The lowest BCUT2D eigenvalue weighted by Crippen LogP contribution is -2.21. The zero-order chi connectivity index (χ0) is 12.4. The zero-order valence-electron chi connectivity index (χ0n) is 11.2. The molecule has 1 aromatic rings. The molecule has 1 heterocycles. The first-order valence-electron chi connectivity index (χ1n) is 6.66. The lowest BCUT2D eigenvalue weighted by atomic mass is 9.95. The number of anilines is 1. The van der Waals surface area contributed by atoms with Crippen LogP contribution < -0.4 is 10.6 Å². The van der Waals surface area contributed by atoms with Crippen LogP contribution in [0.3, 0.4) is 0 Å². The van der Waals surface area contributed by atoms with Crippen molar-refractivity contribution in [3.8, 4) is 0 Å². The topological polar surface area (TPSA) is 29.3 Å². The summed E-state index contributed by atoms with van der Waals surface area (Å²) >= 11 is 0. The quantitative estimate of drug-likeness (QED) is 0.868. The first kappa shape index (κ1) is 12.4. The molecule has 1 unspecified atom stereocenters. The summed E-state index contributed by atoms with van der Waals surface area (Å²) in [6.07, 6.45) is 1.33. The van der Waals surface area contributed by atoms with Crippen LogP contribution in [-0.2, 0) is 6.54 Å². The third-order valence-electron chi connectivity index (χ3n) is 4.08. The molecule has 94 valence electrons. The molecular formula is C15H24N2. The Hall–Kier alpha value is -1.02. The molecule has 1 saturated heterocycles. The van der Waals surface area contributed by atoms with Crippen LogP contribution in [-0.4, -0.2) is 13.1 Å². The molecule has 1 aliphatic heterocycles. The monoisotopic (exact) mass is 232 g/mol. The average Bonchev–Trinajstić information content (AvgIpc) is 2.78. The predicted molar refractivity (Wildman–Crippen MR) is 74.2 cm³/mol. The van der Waals surface area contributed by atoms with E-state index in [9.17, 15) is 0 Å². The molecule has 2 nitrogen and oxygen atoms in total. The van der Waals surface area contributed by atoms with Gasteiger partial charge in [-0.3, -0.25) is 0 Å². The molecule has 1 aliphatic rings. The lowest BCUT2D eigenvalue weighted by Gasteiger charge is -2.21. The minimum Gasteiger partial charge on any atom is -0.371 e. The number of hydrogen-bond acceptors (Lipinski definition) is 2. The number of nitrogens with zero attached hydrogens (tertiary/aromatic N) is 1. The highest BCUT2D eigenvalue weighted by atomic mass is 15.1. The minimum absolute atomic E-state index is 0.640. The van der Waals surface area contributed by atoms with Gasteiger partial charge in [-0.25, -0.2) is 0 Å². The molecule has 0 aromatic heterocycles. The molecule has 0 saturated carbocycles. The second-order valence-corrected chi connectivity index (χ2v) is 5.55. The summed E-state index contributed by atoms with van der Waals surface area (Å²) in [6.45, 7) is 9.86. The Morgan fingerprint density at radius 3 is 2.71 bits per heavy atom. The van der Waals surface area contributed by atoms with E-state index in [-0.39, 0.29) is 0 Å². The molecule has 0 spiro atoms. The Labute approximate surface area is 105 Å². The van der Waals surface area contributed by atoms with E-state index in [1.165, 1.54) is 36.3 Å². The van der Waals surface area contributed by atoms with Gasteiger partial charge in [0.1, 0.15) is 0 Å². The summed E-state index contributed by atoms with van der Waals surface area (Å²) in [6, 6.07) is 6.68. The van der Waals surface area contributed by atoms with Crippen molar-refractivity contribution in [2.24, 2.45) is 17.6 Å². The number of aryl methyl sites for hydroxylation is 1. The van der Waals surface area contributed by atoms with Gasteiger partial charge in [-0.2, -0.15) is 0 Å². The molecule has 2 rings (SSSR count). The second-order valence-electron chi connectivity index (χ2n) is 5.55. The summed E-state index contributed by atoms with van der Waals surface area (Å²) in [5, 5.41) is 0. The van der Waals surface area contributed by atoms with E-state index in [4.69, 9.17) is 5.73 Å². The third kappa shape index (κ3) is 2.63. The van der Waals surface area contributed by atoms with Crippen LogP contribution in [0.5, 0.6) is 0 Å². The van der Waals surface area contributed by atoms with E-state index in [2.05, 4.69) is 43.9 Å². The molecule has 2 N–H and O–H groups in total. The maximum Gasteiger partial charge on any atom is 0.0369 e. The van der Waals surface area contributed by atoms with Gasteiger partial charge in [-0.15, -0.1) is 0 Å². The van der Waals surface area contributed by atoms with Gasteiger partial charge in [0.05, 0.1) is 0 Å². The summed E-state index contributed by atoms with van der Waals surface area (Å²) in [5.74, 6) is 1.65. The van der Waals surface area contributed by atoms with Gasteiger partial charge in [0.2, 0.25) is 0 Å². The maximum absolute atomic E-state index is 5.70. The number of rotatable bonds is 3. The van der Waals surface area contributed by atoms with E-state index < -0.39 is 0 Å². The first-order chi connectivity index (χ1) is 8.11. The smallest absolute Gasteiger partial charge is 0.0369 e. The van der Waals surface area contributed by atoms with Crippen molar-refractivity contribution in [1.29, 1.82) is 0 Å². The van der Waals surface area contributed by atoms with Crippen LogP contribution in [0.1, 0.15) is 31.4 Å². The second kappa shape index (κ2) is 5.09. The zero-order valence-corrected chi connectivity index (χ0v) is 11.2. The van der Waals surface area contributed by atoms with Crippen molar-refractivity contribution in [1.82, 2.24) is 0 Å². The largest absolute Gasteiger partial charge is 0.371 e. The van der Waals surface area contributed by atoms with Crippen LogP contribution in [0.25, 0.3) is 0 Å². The molecule has 0 radical (unpaired) electrons. The molecule has 1 aromatic carbocycles. The average molecular weight is 232 g/mol. The van der Waals surface area contributed by atoms with E-state index >= 15 is 0 Å². The van der Waals surface area contributed by atoms with Crippen LogP contribution in [0.4, 0.5) is 5.69 Å². The lowest BCUT2D eigenvalue weighted by molar-refractivity contribution is 0.423. The van der Waals surface area contributed by atoms with Crippen LogP contribution in [0.2, 0.25) is 0 Å². The Balaban J connectivity index is 2.11. The first-order valence-corrected chi connectivity index (χ1v) is 6.66. The molecule has 1 atom stereocenters. The number of benzene rings is 1. The highest BCUT2D eigenvalue weighted by molar-refractivity contribution is 5.51. The maximum atomic E-state index is 5.70. The van der Waals surface area contributed by atoms with Crippen molar-refractivity contribution in [2.45, 2.75) is 33.7 Å². The molecule has 1 fully saturated rings. The predicted octanol–water partition coefficient (Wildman–Crippen LogP) is 2.94. The number of nitrogens with two attached hydrogens (primary N) is 1. The van der Waals surface area contributed by atoms with Crippen LogP contribution in [0, 0.1) is 18.8 Å². The normalized spacial score (nSPS) is 20.3. The summed E-state index contributed by atoms with van der Waals surface area (Å²) in [4.78, 5) is 2.51. The fraction of sp³-hybridized carbons (Fsp3) is 0.600. The van der Waals surface area contributed by atoms with Gasteiger partial charge in [0.15, 0.2) is 0 Å². The third-order valence-corrected chi connectivity index (χ3v) is 4.08. The summed E-state index contributed by atoms with van der Waals surface area (Å²) in [7, 11) is 0. The van der Waals surface area contributed by atoms with Gasteiger partial charge in [0.25, 0.3) is 0 Å².